The second-order valence-corrected chi connectivity index (χ2v) is 8.00. The molecule has 3 saturated heterocycles. The summed E-state index contributed by atoms with van der Waals surface area (Å²) >= 11 is 0. The minimum atomic E-state index is -0.164. The van der Waals surface area contributed by atoms with Crippen LogP contribution in [0.15, 0.2) is 30.3 Å². The number of ether oxygens (including phenoxy) is 1. The second kappa shape index (κ2) is 7.06. The van der Waals surface area contributed by atoms with Crippen molar-refractivity contribution in [2.24, 2.45) is 5.41 Å². The van der Waals surface area contributed by atoms with Crippen molar-refractivity contribution in [2.75, 3.05) is 39.3 Å². The first kappa shape index (κ1) is 17.0. The summed E-state index contributed by atoms with van der Waals surface area (Å²) in [6.45, 7) is 5.17. The summed E-state index contributed by atoms with van der Waals surface area (Å²) in [6, 6.07) is 9.57. The lowest BCUT2D eigenvalue weighted by atomic mass is 9.76. The maximum absolute atomic E-state index is 12.6. The summed E-state index contributed by atoms with van der Waals surface area (Å²) in [5.41, 5.74) is 1.03. The van der Waals surface area contributed by atoms with Gasteiger partial charge >= 0.3 is 0 Å². The van der Waals surface area contributed by atoms with Crippen LogP contribution in [0.25, 0.3) is 0 Å². The number of aliphatic hydroxyl groups is 1. The number of carbonyl (C=O) groups is 1. The molecule has 3 heterocycles. The number of nitrogens with zero attached hydrogens (tertiary/aromatic N) is 2. The number of hydrogen-bond donors (Lipinski definition) is 1. The van der Waals surface area contributed by atoms with Gasteiger partial charge in [0.1, 0.15) is 0 Å². The molecule has 3 aliphatic heterocycles. The van der Waals surface area contributed by atoms with Gasteiger partial charge in [0.15, 0.2) is 0 Å². The summed E-state index contributed by atoms with van der Waals surface area (Å²) in [5, 5.41) is 9.67. The quantitative estimate of drug-likeness (QED) is 0.908. The lowest BCUT2D eigenvalue weighted by Crippen LogP contribution is -2.43. The molecule has 1 N–H and O–H groups in total. The monoisotopic (exact) mass is 344 g/mol. The largest absolute Gasteiger partial charge is 0.392 e. The number of benzene rings is 1. The van der Waals surface area contributed by atoms with Gasteiger partial charge in [0.2, 0.25) is 0 Å². The Morgan fingerprint density at radius 1 is 1.20 bits per heavy atom. The third-order valence-electron chi connectivity index (χ3n) is 6.13. The lowest BCUT2D eigenvalue weighted by Gasteiger charge is -2.38. The molecule has 2 atom stereocenters. The first-order valence-electron chi connectivity index (χ1n) is 9.50. The Kier molecular flexibility index (Phi) is 4.80. The van der Waals surface area contributed by atoms with Gasteiger partial charge in [-0.15, -0.1) is 0 Å². The number of β-amino-alcohol motifs (C(OH)–C–C–N with tert-alkyl or cyclic N) is 1. The Labute approximate surface area is 149 Å². The minimum absolute atomic E-state index is 0.150. The highest BCUT2D eigenvalue weighted by atomic mass is 16.5. The van der Waals surface area contributed by atoms with Crippen molar-refractivity contribution in [3.63, 3.8) is 0 Å². The van der Waals surface area contributed by atoms with Crippen LogP contribution in [0.2, 0.25) is 0 Å². The number of aliphatic hydroxyl groups excluding tert-OH is 1. The van der Waals surface area contributed by atoms with Gasteiger partial charge in [-0.2, -0.15) is 0 Å². The highest BCUT2D eigenvalue weighted by Crippen LogP contribution is 2.42. The van der Waals surface area contributed by atoms with Crippen LogP contribution in [0.4, 0.5) is 0 Å². The van der Waals surface area contributed by atoms with Gasteiger partial charge in [0.05, 0.1) is 18.8 Å². The zero-order valence-electron chi connectivity index (χ0n) is 14.8. The van der Waals surface area contributed by atoms with E-state index < -0.39 is 0 Å². The standard InChI is InChI=1S/C20H28N2O3/c23-17-6-9-21(13-17)14-18-12-20(15-25-18)7-10-22(11-8-20)19(24)16-4-2-1-3-5-16/h1-5,17-18,23H,6-15H2/t17-,18+/m1/s1. The molecular formula is C20H28N2O3. The van der Waals surface area contributed by atoms with Crippen LogP contribution >= 0.6 is 0 Å². The van der Waals surface area contributed by atoms with E-state index in [1.54, 1.807) is 0 Å². The Balaban J connectivity index is 1.29. The predicted molar refractivity (Wildman–Crippen MR) is 95.4 cm³/mol. The molecule has 0 saturated carbocycles. The van der Waals surface area contributed by atoms with Gasteiger partial charge < -0.3 is 14.7 Å². The molecule has 5 nitrogen and oxygen atoms in total. The van der Waals surface area contributed by atoms with Crippen LogP contribution in [0.5, 0.6) is 0 Å². The smallest absolute Gasteiger partial charge is 0.253 e. The van der Waals surface area contributed by atoms with E-state index in [9.17, 15) is 9.90 Å². The fourth-order valence-electron chi connectivity index (χ4n) is 4.57. The van der Waals surface area contributed by atoms with Gasteiger partial charge in [-0.05, 0) is 43.2 Å². The first-order valence-corrected chi connectivity index (χ1v) is 9.50. The molecule has 0 unspecified atom stereocenters. The molecule has 0 aliphatic carbocycles. The van der Waals surface area contributed by atoms with Gasteiger partial charge in [-0.25, -0.2) is 0 Å². The van der Waals surface area contributed by atoms with Gasteiger partial charge in [-0.1, -0.05) is 18.2 Å². The van der Waals surface area contributed by atoms with Crippen molar-refractivity contribution < 1.29 is 14.6 Å². The molecule has 136 valence electrons. The van der Waals surface area contributed by atoms with Crippen LogP contribution in [-0.2, 0) is 4.74 Å². The van der Waals surface area contributed by atoms with Crippen molar-refractivity contribution in [1.29, 1.82) is 0 Å². The minimum Gasteiger partial charge on any atom is -0.392 e. The van der Waals surface area contributed by atoms with Crippen LogP contribution in [0.1, 0.15) is 36.0 Å². The average Bonchev–Trinajstić information content (AvgIpc) is 3.22. The maximum Gasteiger partial charge on any atom is 0.253 e. The molecule has 1 amide bonds. The van der Waals surface area contributed by atoms with Crippen molar-refractivity contribution >= 4 is 5.91 Å². The normalized spacial score (nSPS) is 29.4. The van der Waals surface area contributed by atoms with Crippen molar-refractivity contribution in [3.05, 3.63) is 35.9 Å². The summed E-state index contributed by atoms with van der Waals surface area (Å²) < 4.78 is 6.10. The third kappa shape index (κ3) is 3.73. The summed E-state index contributed by atoms with van der Waals surface area (Å²) in [6.07, 6.45) is 4.15. The molecule has 1 aromatic rings. The zero-order chi connectivity index (χ0) is 17.3. The maximum atomic E-state index is 12.6. The van der Waals surface area contributed by atoms with E-state index in [2.05, 4.69) is 4.90 Å². The van der Waals surface area contributed by atoms with E-state index in [1.807, 2.05) is 35.2 Å². The number of carbonyl (C=O) groups excluding carboxylic acids is 1. The molecule has 5 heteroatoms. The number of piperidine rings is 1. The Morgan fingerprint density at radius 2 is 1.96 bits per heavy atom. The zero-order valence-corrected chi connectivity index (χ0v) is 14.8. The Morgan fingerprint density at radius 3 is 2.64 bits per heavy atom. The summed E-state index contributed by atoms with van der Waals surface area (Å²) in [7, 11) is 0. The number of likely N-dealkylation sites (tertiary alicyclic amines) is 2. The van der Waals surface area contributed by atoms with Gasteiger partial charge in [0.25, 0.3) is 5.91 Å². The van der Waals surface area contributed by atoms with E-state index in [4.69, 9.17) is 4.74 Å². The molecule has 0 radical (unpaired) electrons. The lowest BCUT2D eigenvalue weighted by molar-refractivity contribution is 0.0451. The van der Waals surface area contributed by atoms with Crippen LogP contribution in [0.3, 0.4) is 0 Å². The van der Waals surface area contributed by atoms with E-state index in [1.165, 1.54) is 0 Å². The highest BCUT2D eigenvalue weighted by molar-refractivity contribution is 5.94. The topological polar surface area (TPSA) is 53.0 Å². The molecular weight excluding hydrogens is 316 g/mol. The molecule has 1 aromatic carbocycles. The molecule has 25 heavy (non-hydrogen) atoms. The van der Waals surface area contributed by atoms with E-state index in [0.717, 1.165) is 70.6 Å². The first-order chi connectivity index (χ1) is 12.1. The molecule has 3 aliphatic rings. The molecule has 1 spiro atoms. The number of hydrogen-bond acceptors (Lipinski definition) is 4. The predicted octanol–water partition coefficient (Wildman–Crippen LogP) is 1.76. The van der Waals surface area contributed by atoms with E-state index in [0.29, 0.717) is 0 Å². The van der Waals surface area contributed by atoms with Crippen molar-refractivity contribution in [1.82, 2.24) is 9.80 Å². The van der Waals surface area contributed by atoms with E-state index in [-0.39, 0.29) is 23.5 Å². The molecule has 0 bridgehead atoms. The van der Waals surface area contributed by atoms with Crippen LogP contribution < -0.4 is 0 Å². The number of amides is 1. The molecule has 3 fully saturated rings. The fourth-order valence-corrected chi connectivity index (χ4v) is 4.57. The highest BCUT2D eigenvalue weighted by Gasteiger charge is 2.43. The number of rotatable bonds is 3. The SMILES string of the molecule is O=C(c1ccccc1)N1CCC2(CC1)CO[C@H](CN1CC[C@@H](O)C1)C2. The third-order valence-corrected chi connectivity index (χ3v) is 6.13. The fraction of sp³-hybridized carbons (Fsp3) is 0.650. The van der Waals surface area contributed by atoms with Crippen molar-refractivity contribution in [2.45, 2.75) is 37.9 Å². The summed E-state index contributed by atoms with van der Waals surface area (Å²) in [5.74, 6) is 0.150. The molecule has 0 aromatic heterocycles. The molecule has 4 rings (SSSR count). The van der Waals surface area contributed by atoms with Gasteiger partial charge in [-0.3, -0.25) is 9.69 Å². The summed E-state index contributed by atoms with van der Waals surface area (Å²) in [4.78, 5) is 16.9. The van der Waals surface area contributed by atoms with Gasteiger partial charge in [0, 0.05) is 38.3 Å². The van der Waals surface area contributed by atoms with E-state index >= 15 is 0 Å². The second-order valence-electron chi connectivity index (χ2n) is 8.00. The Bertz CT molecular complexity index is 598. The van der Waals surface area contributed by atoms with Crippen LogP contribution in [-0.4, -0.2) is 72.4 Å². The average molecular weight is 344 g/mol. The van der Waals surface area contributed by atoms with Crippen LogP contribution in [0, 0.1) is 5.41 Å². The van der Waals surface area contributed by atoms with Crippen molar-refractivity contribution in [3.8, 4) is 0 Å². The Hall–Kier alpha value is -1.43.